The minimum absolute atomic E-state index is 0.0316. The SMILES string of the molecule is CC(=O)N(CC(=O)N(C)CCc1ccncc1)c1ccc(Br)cc1. The van der Waals surface area contributed by atoms with E-state index in [0.29, 0.717) is 12.2 Å². The Balaban J connectivity index is 1.97. The van der Waals surface area contributed by atoms with Crippen LogP contribution in [0.2, 0.25) is 0 Å². The van der Waals surface area contributed by atoms with Gasteiger partial charge in [-0.3, -0.25) is 14.6 Å². The van der Waals surface area contributed by atoms with E-state index in [-0.39, 0.29) is 18.4 Å². The third kappa shape index (κ3) is 5.16. The first kappa shape index (κ1) is 18.1. The van der Waals surface area contributed by atoms with Crippen LogP contribution in [0.3, 0.4) is 0 Å². The van der Waals surface area contributed by atoms with Crippen molar-refractivity contribution in [3.05, 3.63) is 58.8 Å². The first-order valence-electron chi connectivity index (χ1n) is 7.64. The van der Waals surface area contributed by atoms with Crippen LogP contribution in [0, 0.1) is 0 Å². The second kappa shape index (κ2) is 8.59. The molecule has 0 aliphatic heterocycles. The number of benzene rings is 1. The molecule has 0 N–H and O–H groups in total. The Bertz CT molecular complexity index is 689. The summed E-state index contributed by atoms with van der Waals surface area (Å²) in [5.41, 5.74) is 1.84. The maximum absolute atomic E-state index is 12.4. The van der Waals surface area contributed by atoms with Crippen molar-refractivity contribution in [2.24, 2.45) is 0 Å². The Kier molecular flexibility index (Phi) is 6.49. The molecule has 2 amide bonds. The van der Waals surface area contributed by atoms with E-state index in [1.165, 1.54) is 11.8 Å². The molecule has 2 aromatic rings. The van der Waals surface area contributed by atoms with Gasteiger partial charge in [-0.2, -0.15) is 0 Å². The average molecular weight is 390 g/mol. The molecule has 0 saturated carbocycles. The summed E-state index contributed by atoms with van der Waals surface area (Å²) in [5, 5.41) is 0. The number of likely N-dealkylation sites (N-methyl/N-ethyl adjacent to an activating group) is 1. The van der Waals surface area contributed by atoms with Crippen molar-refractivity contribution in [3.8, 4) is 0 Å². The van der Waals surface area contributed by atoms with E-state index in [1.54, 1.807) is 24.3 Å². The highest BCUT2D eigenvalue weighted by Crippen LogP contribution is 2.18. The van der Waals surface area contributed by atoms with Gasteiger partial charge in [-0.05, 0) is 48.4 Å². The summed E-state index contributed by atoms with van der Waals surface area (Å²) < 4.78 is 0.926. The van der Waals surface area contributed by atoms with Gasteiger partial charge < -0.3 is 9.80 Å². The van der Waals surface area contributed by atoms with Gasteiger partial charge in [0.2, 0.25) is 11.8 Å². The fraction of sp³-hybridized carbons (Fsp3) is 0.278. The molecular weight excluding hydrogens is 370 g/mol. The van der Waals surface area contributed by atoms with Gasteiger partial charge in [0.05, 0.1) is 0 Å². The van der Waals surface area contributed by atoms with Gasteiger partial charge in [0.25, 0.3) is 0 Å². The number of amides is 2. The van der Waals surface area contributed by atoms with Crippen LogP contribution < -0.4 is 4.90 Å². The lowest BCUT2D eigenvalue weighted by Crippen LogP contribution is -2.41. The third-order valence-electron chi connectivity index (χ3n) is 3.72. The normalized spacial score (nSPS) is 10.3. The predicted molar refractivity (Wildman–Crippen MR) is 97.7 cm³/mol. The minimum Gasteiger partial charge on any atom is -0.344 e. The molecule has 6 heteroatoms. The largest absolute Gasteiger partial charge is 0.344 e. The maximum Gasteiger partial charge on any atom is 0.242 e. The lowest BCUT2D eigenvalue weighted by atomic mass is 10.2. The molecular formula is C18H20BrN3O2. The highest BCUT2D eigenvalue weighted by Gasteiger charge is 2.18. The number of halogens is 1. The number of carbonyl (C=O) groups is 2. The molecule has 126 valence electrons. The zero-order valence-corrected chi connectivity index (χ0v) is 15.4. The molecule has 0 fully saturated rings. The van der Waals surface area contributed by atoms with E-state index in [2.05, 4.69) is 20.9 Å². The summed E-state index contributed by atoms with van der Waals surface area (Å²) in [5.74, 6) is -0.254. The second-order valence-electron chi connectivity index (χ2n) is 5.50. The van der Waals surface area contributed by atoms with Crippen LogP contribution in [0.5, 0.6) is 0 Å². The third-order valence-corrected chi connectivity index (χ3v) is 4.25. The number of aromatic nitrogens is 1. The zero-order chi connectivity index (χ0) is 17.5. The molecule has 0 atom stereocenters. The fourth-order valence-corrected chi connectivity index (χ4v) is 2.50. The van der Waals surface area contributed by atoms with Crippen molar-refractivity contribution in [1.82, 2.24) is 9.88 Å². The lowest BCUT2D eigenvalue weighted by Gasteiger charge is -2.24. The number of pyridine rings is 1. The van der Waals surface area contributed by atoms with Crippen LogP contribution in [0.15, 0.2) is 53.3 Å². The van der Waals surface area contributed by atoms with E-state index >= 15 is 0 Å². The van der Waals surface area contributed by atoms with Gasteiger partial charge in [-0.15, -0.1) is 0 Å². The Hall–Kier alpha value is -2.21. The van der Waals surface area contributed by atoms with Gasteiger partial charge in [0.1, 0.15) is 6.54 Å². The number of rotatable bonds is 6. The number of carbonyl (C=O) groups excluding carboxylic acids is 2. The van der Waals surface area contributed by atoms with Crippen molar-refractivity contribution < 1.29 is 9.59 Å². The molecule has 1 heterocycles. The van der Waals surface area contributed by atoms with Crippen LogP contribution in [0.4, 0.5) is 5.69 Å². The summed E-state index contributed by atoms with van der Waals surface area (Å²) in [4.78, 5) is 31.4. The summed E-state index contributed by atoms with van der Waals surface area (Å²) in [6.45, 7) is 2.09. The molecule has 0 spiro atoms. The Morgan fingerprint density at radius 2 is 1.71 bits per heavy atom. The molecule has 5 nitrogen and oxygen atoms in total. The quantitative estimate of drug-likeness (QED) is 0.762. The Labute approximate surface area is 150 Å². The minimum atomic E-state index is -0.159. The van der Waals surface area contributed by atoms with Crippen LogP contribution in [0.1, 0.15) is 12.5 Å². The fourth-order valence-electron chi connectivity index (χ4n) is 2.23. The van der Waals surface area contributed by atoms with Crippen molar-refractivity contribution in [3.63, 3.8) is 0 Å². The molecule has 0 unspecified atom stereocenters. The predicted octanol–water partition coefficient (Wildman–Crippen LogP) is 2.90. The average Bonchev–Trinajstić information content (AvgIpc) is 2.59. The van der Waals surface area contributed by atoms with Crippen molar-refractivity contribution in [1.29, 1.82) is 0 Å². The first-order valence-corrected chi connectivity index (χ1v) is 8.43. The van der Waals surface area contributed by atoms with Gasteiger partial charge in [-0.1, -0.05) is 15.9 Å². The molecule has 0 aliphatic rings. The van der Waals surface area contributed by atoms with Gasteiger partial charge in [0.15, 0.2) is 0 Å². The summed E-state index contributed by atoms with van der Waals surface area (Å²) in [7, 11) is 1.75. The molecule has 0 radical (unpaired) electrons. The summed E-state index contributed by atoms with van der Waals surface area (Å²) >= 11 is 3.37. The van der Waals surface area contributed by atoms with Crippen LogP contribution >= 0.6 is 15.9 Å². The smallest absolute Gasteiger partial charge is 0.242 e. The summed E-state index contributed by atoms with van der Waals surface area (Å²) in [6.07, 6.45) is 4.23. The van der Waals surface area contributed by atoms with Crippen molar-refractivity contribution >= 4 is 33.4 Å². The van der Waals surface area contributed by atoms with Crippen molar-refractivity contribution in [2.45, 2.75) is 13.3 Å². The first-order chi connectivity index (χ1) is 11.5. The van der Waals surface area contributed by atoms with Gasteiger partial charge in [-0.25, -0.2) is 0 Å². The van der Waals surface area contributed by atoms with Gasteiger partial charge >= 0.3 is 0 Å². The highest BCUT2D eigenvalue weighted by molar-refractivity contribution is 9.10. The molecule has 0 bridgehead atoms. The number of hydrogen-bond acceptors (Lipinski definition) is 3. The molecule has 24 heavy (non-hydrogen) atoms. The Morgan fingerprint density at radius 3 is 2.29 bits per heavy atom. The van der Waals surface area contributed by atoms with E-state index in [1.807, 2.05) is 36.4 Å². The number of anilines is 1. The van der Waals surface area contributed by atoms with Crippen molar-refractivity contribution in [2.75, 3.05) is 25.0 Å². The van der Waals surface area contributed by atoms with E-state index in [9.17, 15) is 9.59 Å². The van der Waals surface area contributed by atoms with Gasteiger partial charge in [0, 0.05) is 43.1 Å². The van der Waals surface area contributed by atoms with Crippen LogP contribution in [0.25, 0.3) is 0 Å². The number of nitrogens with zero attached hydrogens (tertiary/aromatic N) is 3. The molecule has 1 aromatic carbocycles. The maximum atomic E-state index is 12.4. The monoisotopic (exact) mass is 389 g/mol. The second-order valence-corrected chi connectivity index (χ2v) is 6.42. The molecule has 1 aromatic heterocycles. The lowest BCUT2D eigenvalue weighted by molar-refractivity contribution is -0.130. The Morgan fingerprint density at radius 1 is 1.08 bits per heavy atom. The van der Waals surface area contributed by atoms with E-state index in [4.69, 9.17) is 0 Å². The zero-order valence-electron chi connectivity index (χ0n) is 13.8. The summed E-state index contributed by atoms with van der Waals surface area (Å²) in [6, 6.07) is 11.2. The standard InChI is InChI=1S/C18H20BrN3O2/c1-14(23)22(17-5-3-16(19)4-6-17)13-18(24)21(2)12-9-15-7-10-20-11-8-15/h3-8,10-11H,9,12-13H2,1-2H3. The van der Waals surface area contributed by atoms with E-state index < -0.39 is 0 Å². The molecule has 0 aliphatic carbocycles. The topological polar surface area (TPSA) is 53.5 Å². The van der Waals surface area contributed by atoms with Crippen LogP contribution in [-0.2, 0) is 16.0 Å². The molecule has 0 saturated heterocycles. The van der Waals surface area contributed by atoms with E-state index in [0.717, 1.165) is 16.5 Å². The highest BCUT2D eigenvalue weighted by atomic mass is 79.9. The molecule has 2 rings (SSSR count). The van der Waals surface area contributed by atoms with Crippen LogP contribution in [-0.4, -0.2) is 41.8 Å². The number of hydrogen-bond donors (Lipinski definition) is 0.